The predicted octanol–water partition coefficient (Wildman–Crippen LogP) is 5.12. The molecule has 5 aromatic rings. The molecule has 0 aliphatic heterocycles. The second kappa shape index (κ2) is 11.5. The van der Waals surface area contributed by atoms with Gasteiger partial charge < -0.3 is 10.4 Å². The molecule has 42 heavy (non-hydrogen) atoms. The molecule has 0 bridgehead atoms. The summed E-state index contributed by atoms with van der Waals surface area (Å²) in [5.41, 5.74) is 5.25. The molecule has 0 spiro atoms. The van der Waals surface area contributed by atoms with E-state index >= 15 is 0 Å². The fraction of sp³-hybridized carbons (Fsp3) is 0.235. The number of aliphatic hydroxyl groups excluding tert-OH is 1. The van der Waals surface area contributed by atoms with Crippen LogP contribution in [-0.4, -0.2) is 36.7 Å². The van der Waals surface area contributed by atoms with Crippen molar-refractivity contribution in [3.05, 3.63) is 101 Å². The van der Waals surface area contributed by atoms with Gasteiger partial charge in [0.2, 0.25) is 5.91 Å². The summed E-state index contributed by atoms with van der Waals surface area (Å²) < 4.78 is 1.48. The Kier molecular flexibility index (Phi) is 7.43. The number of aromatic amines is 1. The zero-order valence-corrected chi connectivity index (χ0v) is 23.1. The molecule has 0 saturated heterocycles. The van der Waals surface area contributed by atoms with E-state index in [9.17, 15) is 14.7 Å². The van der Waals surface area contributed by atoms with E-state index in [-0.39, 0.29) is 11.6 Å². The molecule has 6 rings (SSSR count). The number of aromatic nitrogens is 4. The second-order valence-electron chi connectivity index (χ2n) is 10.7. The van der Waals surface area contributed by atoms with Crippen LogP contribution in [-0.2, 0) is 10.3 Å². The van der Waals surface area contributed by atoms with Crippen molar-refractivity contribution in [3.8, 4) is 34.7 Å². The molecule has 2 aromatic carbocycles. The van der Waals surface area contributed by atoms with Crippen LogP contribution in [0.25, 0.3) is 38.9 Å². The topological polar surface area (TPSA) is 112 Å². The lowest BCUT2D eigenvalue weighted by Gasteiger charge is -2.43. The van der Waals surface area contributed by atoms with Crippen molar-refractivity contribution in [3.63, 3.8) is 0 Å². The van der Waals surface area contributed by atoms with Crippen molar-refractivity contribution in [2.24, 2.45) is 0 Å². The molecule has 1 aliphatic carbocycles. The molecule has 1 atom stereocenters. The quantitative estimate of drug-likeness (QED) is 0.132. The molecule has 3 aromatic heterocycles. The Labute approximate surface area is 243 Å². The fourth-order valence-electron chi connectivity index (χ4n) is 5.62. The highest BCUT2D eigenvalue weighted by Gasteiger charge is 2.39. The molecule has 210 valence electrons. The number of H-pyrrole nitrogens is 1. The number of rotatable bonds is 9. The van der Waals surface area contributed by atoms with Crippen molar-refractivity contribution in [2.45, 2.75) is 50.2 Å². The number of nitrogens with one attached hydrogen (secondary N) is 2. The van der Waals surface area contributed by atoms with Gasteiger partial charge in [-0.1, -0.05) is 60.7 Å². The summed E-state index contributed by atoms with van der Waals surface area (Å²) in [6.07, 6.45) is 13.8. The van der Waals surface area contributed by atoms with Crippen molar-refractivity contribution in [1.82, 2.24) is 24.9 Å². The summed E-state index contributed by atoms with van der Waals surface area (Å²) in [5.74, 6) is 2.34. The third-order valence-electron chi connectivity index (χ3n) is 8.03. The maximum atomic E-state index is 12.8. The summed E-state index contributed by atoms with van der Waals surface area (Å²) in [6, 6.07) is 22.1. The van der Waals surface area contributed by atoms with E-state index in [0.717, 1.165) is 58.1 Å². The van der Waals surface area contributed by atoms with E-state index < -0.39 is 11.6 Å². The predicted molar refractivity (Wildman–Crippen MR) is 163 cm³/mol. The van der Waals surface area contributed by atoms with Crippen molar-refractivity contribution >= 4 is 22.5 Å². The molecule has 1 saturated carbocycles. The van der Waals surface area contributed by atoms with Crippen LogP contribution in [0, 0.1) is 12.3 Å². The smallest absolute Gasteiger partial charge is 0.347 e. The highest BCUT2D eigenvalue weighted by molar-refractivity contribution is 5.98. The molecule has 1 aliphatic rings. The molecule has 1 fully saturated rings. The number of nitrogens with zero attached hydrogens (tertiary/aromatic N) is 3. The Morgan fingerprint density at radius 3 is 2.64 bits per heavy atom. The first kappa shape index (κ1) is 27.2. The number of benzene rings is 2. The molecule has 8 heteroatoms. The normalized spacial score (nSPS) is 15.0. The summed E-state index contributed by atoms with van der Waals surface area (Å²) in [4.78, 5) is 30.0. The van der Waals surface area contributed by atoms with E-state index in [2.05, 4.69) is 33.6 Å². The Balaban J connectivity index is 1.31. The molecule has 0 radical (unpaired) electrons. The minimum absolute atomic E-state index is 0.221. The first-order chi connectivity index (χ1) is 20.5. The SMILES string of the molecule is C#CCCCC(O)C=CC(=O)NC1(c2ccc(-c3nc4ccn5c(=O)[nH]nc5c4cc3-c3ccccc3)cc2)CCC1. The van der Waals surface area contributed by atoms with Gasteiger partial charge in [0.25, 0.3) is 0 Å². The first-order valence-corrected chi connectivity index (χ1v) is 14.2. The minimum Gasteiger partial charge on any atom is -0.389 e. The third kappa shape index (κ3) is 5.22. The van der Waals surface area contributed by atoms with Gasteiger partial charge in [0, 0.05) is 35.2 Å². The number of carbonyl (C=O) groups is 1. The van der Waals surface area contributed by atoms with Crippen LogP contribution in [0.5, 0.6) is 0 Å². The van der Waals surface area contributed by atoms with E-state index in [1.54, 1.807) is 6.20 Å². The van der Waals surface area contributed by atoms with Crippen LogP contribution in [0.15, 0.2) is 89.9 Å². The Bertz CT molecular complexity index is 1880. The van der Waals surface area contributed by atoms with Crippen molar-refractivity contribution < 1.29 is 9.90 Å². The summed E-state index contributed by atoms with van der Waals surface area (Å²) in [6.45, 7) is 0. The lowest BCUT2D eigenvalue weighted by atomic mass is 9.71. The van der Waals surface area contributed by atoms with E-state index in [1.807, 2.05) is 54.6 Å². The number of aliphatic hydroxyl groups is 1. The monoisotopic (exact) mass is 557 g/mol. The number of amides is 1. The number of fused-ring (bicyclic) bond motifs is 3. The Morgan fingerprint density at radius 2 is 1.93 bits per heavy atom. The van der Waals surface area contributed by atoms with Crippen LogP contribution in [0.3, 0.4) is 0 Å². The molecular weight excluding hydrogens is 526 g/mol. The highest BCUT2D eigenvalue weighted by atomic mass is 16.3. The van der Waals surface area contributed by atoms with Crippen LogP contribution >= 0.6 is 0 Å². The number of hydrogen-bond donors (Lipinski definition) is 3. The molecule has 1 unspecified atom stereocenters. The summed E-state index contributed by atoms with van der Waals surface area (Å²) >= 11 is 0. The summed E-state index contributed by atoms with van der Waals surface area (Å²) in [7, 11) is 0. The average Bonchev–Trinajstić information content (AvgIpc) is 3.39. The number of terminal acetylenes is 1. The molecule has 3 heterocycles. The van der Waals surface area contributed by atoms with Crippen LogP contribution in [0.2, 0.25) is 0 Å². The van der Waals surface area contributed by atoms with Crippen LogP contribution in [0.4, 0.5) is 0 Å². The largest absolute Gasteiger partial charge is 0.389 e. The lowest BCUT2D eigenvalue weighted by molar-refractivity contribution is -0.119. The van der Waals surface area contributed by atoms with Gasteiger partial charge in [-0.25, -0.2) is 19.3 Å². The van der Waals surface area contributed by atoms with Gasteiger partial charge in [-0.2, -0.15) is 5.10 Å². The number of unbranched alkanes of at least 4 members (excludes halogenated alkanes) is 1. The van der Waals surface area contributed by atoms with Gasteiger partial charge in [-0.05, 0) is 55.4 Å². The van der Waals surface area contributed by atoms with Crippen molar-refractivity contribution in [2.75, 3.05) is 0 Å². The molecule has 8 nitrogen and oxygen atoms in total. The summed E-state index contributed by atoms with van der Waals surface area (Å²) in [5, 5.41) is 20.8. The van der Waals surface area contributed by atoms with Gasteiger partial charge >= 0.3 is 5.69 Å². The zero-order valence-electron chi connectivity index (χ0n) is 23.1. The zero-order chi connectivity index (χ0) is 29.1. The molecule has 3 N–H and O–H groups in total. The number of pyridine rings is 2. The Hall–Kier alpha value is -5.00. The molecule has 1 amide bonds. The van der Waals surface area contributed by atoms with Gasteiger partial charge in [-0.15, -0.1) is 12.3 Å². The van der Waals surface area contributed by atoms with Gasteiger partial charge in [0.05, 0.1) is 22.9 Å². The van der Waals surface area contributed by atoms with Crippen molar-refractivity contribution in [1.29, 1.82) is 0 Å². The number of hydrogen-bond acceptors (Lipinski definition) is 5. The maximum Gasteiger partial charge on any atom is 0.347 e. The lowest BCUT2D eigenvalue weighted by Crippen LogP contribution is -2.50. The van der Waals surface area contributed by atoms with E-state index in [4.69, 9.17) is 11.4 Å². The van der Waals surface area contributed by atoms with Gasteiger partial charge in [0.1, 0.15) is 0 Å². The fourth-order valence-corrected chi connectivity index (χ4v) is 5.62. The Morgan fingerprint density at radius 1 is 1.14 bits per heavy atom. The first-order valence-electron chi connectivity index (χ1n) is 14.2. The average molecular weight is 558 g/mol. The molecular formula is C34H31N5O3. The van der Waals surface area contributed by atoms with E-state index in [0.29, 0.717) is 24.9 Å². The minimum atomic E-state index is -0.695. The standard InChI is InChI=1S/C34H31N5O3/c1-2-3-5-11-26(40)16-17-30(41)36-34(19-8-20-34)25-14-12-24(13-15-25)31-27(23-9-6-4-7-10-23)22-28-29(35-31)18-21-39-32(28)37-38-33(39)42/h1,4,6-7,9-10,12-18,21-22,26,40H,3,5,8,11,19-20H2,(H,36,41)(H,38,42). The van der Waals surface area contributed by atoms with Gasteiger partial charge in [0.15, 0.2) is 5.65 Å². The highest BCUT2D eigenvalue weighted by Crippen LogP contribution is 2.42. The third-order valence-corrected chi connectivity index (χ3v) is 8.03. The van der Waals surface area contributed by atoms with E-state index in [1.165, 1.54) is 16.6 Å². The second-order valence-corrected chi connectivity index (χ2v) is 10.7. The van der Waals surface area contributed by atoms with Gasteiger partial charge in [-0.3, -0.25) is 4.79 Å². The number of carbonyl (C=O) groups excluding carboxylic acids is 1. The maximum absolute atomic E-state index is 12.8. The van der Waals surface area contributed by atoms with Crippen LogP contribution < -0.4 is 11.0 Å². The van der Waals surface area contributed by atoms with Crippen LogP contribution in [0.1, 0.15) is 44.1 Å².